The van der Waals surface area contributed by atoms with Crippen molar-refractivity contribution in [1.29, 1.82) is 0 Å². The summed E-state index contributed by atoms with van der Waals surface area (Å²) in [5.74, 6) is 1.30. The van der Waals surface area contributed by atoms with E-state index in [0.29, 0.717) is 41.2 Å². The number of nitrogens with one attached hydrogen (secondary N) is 1. The van der Waals surface area contributed by atoms with Crippen LogP contribution in [0.25, 0.3) is 28.0 Å². The second-order valence-corrected chi connectivity index (χ2v) is 8.54. The average Bonchev–Trinajstić information content (AvgIpc) is 3.45. The van der Waals surface area contributed by atoms with Crippen molar-refractivity contribution in [2.75, 3.05) is 14.2 Å². The van der Waals surface area contributed by atoms with Gasteiger partial charge in [-0.1, -0.05) is 6.07 Å². The number of phenols is 2. The zero-order chi connectivity index (χ0) is 25.4. The average molecular weight is 487 g/mol. The quantitative estimate of drug-likeness (QED) is 0.321. The molecule has 3 N–H and O–H groups in total. The first-order valence-electron chi connectivity index (χ1n) is 11.4. The first kappa shape index (κ1) is 23.1. The fourth-order valence-electron chi connectivity index (χ4n) is 4.44. The Kier molecular flexibility index (Phi) is 5.89. The SMILES string of the molecule is COc1ccc(CCc2cc(-c3n[nH]c(=O)n3-c3ccc4c(ccn4C)c3)c(O)cc2O)cc1OC. The predicted octanol–water partition coefficient (Wildman–Crippen LogP) is 3.93. The van der Waals surface area contributed by atoms with E-state index in [9.17, 15) is 15.0 Å². The van der Waals surface area contributed by atoms with Crippen molar-refractivity contribution in [2.45, 2.75) is 12.8 Å². The molecule has 0 amide bonds. The molecule has 5 rings (SSSR count). The van der Waals surface area contributed by atoms with Gasteiger partial charge in [0.15, 0.2) is 17.3 Å². The lowest BCUT2D eigenvalue weighted by Gasteiger charge is -2.12. The summed E-state index contributed by atoms with van der Waals surface area (Å²) in [6, 6.07) is 16.2. The number of aromatic nitrogens is 4. The number of aromatic amines is 1. The maximum absolute atomic E-state index is 12.7. The van der Waals surface area contributed by atoms with E-state index in [0.717, 1.165) is 16.5 Å². The molecule has 0 aliphatic heterocycles. The molecule has 2 heterocycles. The summed E-state index contributed by atoms with van der Waals surface area (Å²) in [6.07, 6.45) is 3.04. The van der Waals surface area contributed by atoms with Gasteiger partial charge in [-0.15, -0.1) is 0 Å². The number of hydrogen-bond donors (Lipinski definition) is 3. The van der Waals surface area contributed by atoms with Crippen molar-refractivity contribution in [2.24, 2.45) is 7.05 Å². The number of methoxy groups -OCH3 is 2. The molecular weight excluding hydrogens is 460 g/mol. The Labute approximate surface area is 206 Å². The maximum Gasteiger partial charge on any atom is 0.348 e. The Morgan fingerprint density at radius 2 is 1.72 bits per heavy atom. The Bertz CT molecular complexity index is 1630. The van der Waals surface area contributed by atoms with Gasteiger partial charge in [-0.2, -0.15) is 5.10 Å². The second kappa shape index (κ2) is 9.18. The highest BCUT2D eigenvalue weighted by atomic mass is 16.5. The molecule has 0 aliphatic rings. The Morgan fingerprint density at radius 3 is 2.50 bits per heavy atom. The molecule has 0 saturated carbocycles. The number of phenolic OH excluding ortho intramolecular Hbond substituents is 2. The van der Waals surface area contributed by atoms with Gasteiger partial charge in [0.1, 0.15) is 11.5 Å². The van der Waals surface area contributed by atoms with E-state index in [1.807, 2.05) is 60.3 Å². The monoisotopic (exact) mass is 486 g/mol. The lowest BCUT2D eigenvalue weighted by molar-refractivity contribution is 0.354. The highest BCUT2D eigenvalue weighted by molar-refractivity contribution is 5.82. The molecular formula is C27H26N4O5. The first-order valence-corrected chi connectivity index (χ1v) is 11.4. The van der Waals surface area contributed by atoms with Crippen molar-refractivity contribution in [3.8, 4) is 40.1 Å². The van der Waals surface area contributed by atoms with Crippen LogP contribution >= 0.6 is 0 Å². The van der Waals surface area contributed by atoms with Gasteiger partial charge in [0.05, 0.1) is 25.5 Å². The van der Waals surface area contributed by atoms with E-state index < -0.39 is 5.69 Å². The highest BCUT2D eigenvalue weighted by Crippen LogP contribution is 2.36. The minimum absolute atomic E-state index is 0.0353. The van der Waals surface area contributed by atoms with Gasteiger partial charge in [-0.3, -0.25) is 0 Å². The van der Waals surface area contributed by atoms with E-state index in [1.54, 1.807) is 20.3 Å². The van der Waals surface area contributed by atoms with Crippen molar-refractivity contribution in [3.05, 3.63) is 82.4 Å². The van der Waals surface area contributed by atoms with E-state index in [4.69, 9.17) is 9.47 Å². The molecule has 9 heteroatoms. The summed E-state index contributed by atoms with van der Waals surface area (Å²) >= 11 is 0. The highest BCUT2D eigenvalue weighted by Gasteiger charge is 2.19. The van der Waals surface area contributed by atoms with Crippen molar-refractivity contribution >= 4 is 10.9 Å². The standard InChI is InChI=1S/C27H26N4O5/c1-30-11-10-17-13-19(7-8-21(17)30)31-26(28-29-27(31)34)20-14-18(22(32)15-23(20)33)6-4-16-5-9-24(35-2)25(12-16)36-3/h5,7-15,32-33H,4,6H2,1-3H3,(H,29,34). The maximum atomic E-state index is 12.7. The first-order chi connectivity index (χ1) is 17.4. The molecule has 9 nitrogen and oxygen atoms in total. The Hall–Kier alpha value is -4.66. The normalized spacial score (nSPS) is 11.2. The van der Waals surface area contributed by atoms with Crippen LogP contribution in [0.5, 0.6) is 23.0 Å². The summed E-state index contributed by atoms with van der Waals surface area (Å²) in [4.78, 5) is 12.7. The molecule has 0 spiro atoms. The van der Waals surface area contributed by atoms with Gasteiger partial charge in [0.2, 0.25) is 0 Å². The summed E-state index contributed by atoms with van der Waals surface area (Å²) in [5, 5.41) is 28.8. The van der Waals surface area contributed by atoms with E-state index in [1.165, 1.54) is 10.6 Å². The van der Waals surface area contributed by atoms with Crippen LogP contribution in [0.1, 0.15) is 11.1 Å². The lowest BCUT2D eigenvalue weighted by atomic mass is 10.00. The predicted molar refractivity (Wildman–Crippen MR) is 136 cm³/mol. The molecule has 0 radical (unpaired) electrons. The Morgan fingerprint density at radius 1 is 0.917 bits per heavy atom. The van der Waals surface area contributed by atoms with Crippen LogP contribution in [-0.2, 0) is 19.9 Å². The van der Waals surface area contributed by atoms with Gasteiger partial charge in [0, 0.05) is 30.2 Å². The van der Waals surface area contributed by atoms with Crippen LogP contribution in [0, 0.1) is 0 Å². The number of aryl methyl sites for hydroxylation is 3. The zero-order valence-corrected chi connectivity index (χ0v) is 20.1. The number of aromatic hydroxyl groups is 2. The molecule has 0 unspecified atom stereocenters. The van der Waals surface area contributed by atoms with Crippen molar-refractivity contribution in [1.82, 2.24) is 19.3 Å². The van der Waals surface area contributed by atoms with Gasteiger partial charge in [-0.25, -0.2) is 14.5 Å². The van der Waals surface area contributed by atoms with E-state index in [2.05, 4.69) is 10.2 Å². The molecule has 0 aliphatic carbocycles. The molecule has 0 atom stereocenters. The minimum atomic E-state index is -0.431. The number of fused-ring (bicyclic) bond motifs is 1. The van der Waals surface area contributed by atoms with Crippen molar-refractivity contribution < 1.29 is 19.7 Å². The number of H-pyrrole nitrogens is 1. The summed E-state index contributed by atoms with van der Waals surface area (Å²) in [5.41, 5.74) is 3.15. The molecule has 0 bridgehead atoms. The number of nitrogens with zero attached hydrogens (tertiary/aromatic N) is 3. The number of benzene rings is 3. The summed E-state index contributed by atoms with van der Waals surface area (Å²) in [7, 11) is 5.12. The third-order valence-corrected chi connectivity index (χ3v) is 6.37. The zero-order valence-electron chi connectivity index (χ0n) is 20.1. The molecule has 2 aromatic heterocycles. The van der Waals surface area contributed by atoms with Crippen LogP contribution < -0.4 is 15.2 Å². The molecule has 36 heavy (non-hydrogen) atoms. The summed E-state index contributed by atoms with van der Waals surface area (Å²) < 4.78 is 14.1. The molecule has 5 aromatic rings. The second-order valence-electron chi connectivity index (χ2n) is 8.54. The van der Waals surface area contributed by atoms with Crippen LogP contribution in [0.4, 0.5) is 0 Å². The number of rotatable bonds is 7. The van der Waals surface area contributed by atoms with Crippen LogP contribution in [0.15, 0.2) is 65.6 Å². The Balaban J connectivity index is 1.51. The minimum Gasteiger partial charge on any atom is -0.508 e. The van der Waals surface area contributed by atoms with E-state index >= 15 is 0 Å². The lowest BCUT2D eigenvalue weighted by Crippen LogP contribution is -2.15. The van der Waals surface area contributed by atoms with Gasteiger partial charge in [0.25, 0.3) is 0 Å². The van der Waals surface area contributed by atoms with Crippen LogP contribution in [0.3, 0.4) is 0 Å². The van der Waals surface area contributed by atoms with Gasteiger partial charge in [-0.05, 0) is 66.4 Å². The summed E-state index contributed by atoms with van der Waals surface area (Å²) in [6.45, 7) is 0. The smallest absolute Gasteiger partial charge is 0.348 e. The third-order valence-electron chi connectivity index (χ3n) is 6.37. The molecule has 3 aromatic carbocycles. The topological polar surface area (TPSA) is 115 Å². The van der Waals surface area contributed by atoms with Gasteiger partial charge < -0.3 is 24.3 Å². The fourth-order valence-corrected chi connectivity index (χ4v) is 4.44. The third kappa shape index (κ3) is 4.04. The largest absolute Gasteiger partial charge is 0.508 e. The molecule has 0 fully saturated rings. The fraction of sp³-hybridized carbons (Fsp3) is 0.185. The van der Waals surface area contributed by atoms with Gasteiger partial charge >= 0.3 is 5.69 Å². The van der Waals surface area contributed by atoms with Crippen LogP contribution in [-0.4, -0.2) is 43.8 Å². The van der Waals surface area contributed by atoms with Crippen molar-refractivity contribution in [3.63, 3.8) is 0 Å². The molecule has 0 saturated heterocycles. The number of hydrogen-bond acceptors (Lipinski definition) is 6. The molecule has 184 valence electrons. The van der Waals surface area contributed by atoms with Crippen LogP contribution in [0.2, 0.25) is 0 Å². The number of ether oxygens (including phenoxy) is 2. The van der Waals surface area contributed by atoms with E-state index in [-0.39, 0.29) is 17.3 Å².